The smallest absolute Gasteiger partial charge is 0.112 e. The Kier molecular flexibility index (Phi) is 2.49. The molecule has 0 saturated heterocycles. The maximum atomic E-state index is 4.29. The van der Waals surface area contributed by atoms with Crippen LogP contribution in [-0.4, -0.2) is 20.9 Å². The zero-order valence-electron chi connectivity index (χ0n) is 7.45. The molecule has 0 bridgehead atoms. The number of nitrogens with zero attached hydrogens (tertiary/aromatic N) is 2. The highest BCUT2D eigenvalue weighted by atomic mass is 32.2. The van der Waals surface area contributed by atoms with E-state index < -0.39 is 0 Å². The lowest BCUT2D eigenvalue weighted by Crippen LogP contribution is -1.83. The number of H-pyrrole nitrogens is 1. The van der Waals surface area contributed by atoms with Crippen molar-refractivity contribution in [2.75, 3.05) is 5.75 Å². The van der Waals surface area contributed by atoms with Crippen molar-refractivity contribution in [1.82, 2.24) is 15.2 Å². The van der Waals surface area contributed by atoms with E-state index in [4.69, 9.17) is 0 Å². The number of hydrogen-bond acceptors (Lipinski definition) is 3. The maximum Gasteiger partial charge on any atom is 0.112 e. The van der Waals surface area contributed by atoms with E-state index in [2.05, 4.69) is 22.1 Å². The number of aromatic amines is 1. The number of pyridine rings is 1. The van der Waals surface area contributed by atoms with E-state index in [1.54, 1.807) is 6.20 Å². The minimum absolute atomic E-state index is 0.938. The van der Waals surface area contributed by atoms with E-state index in [0.29, 0.717) is 0 Å². The summed E-state index contributed by atoms with van der Waals surface area (Å²) in [4.78, 5) is 4.29. The van der Waals surface area contributed by atoms with Crippen molar-refractivity contribution in [1.29, 1.82) is 0 Å². The first-order valence-electron chi connectivity index (χ1n) is 4.27. The summed E-state index contributed by atoms with van der Waals surface area (Å²) in [5.74, 6) is 2.05. The molecule has 1 N–H and O–H groups in total. The number of thioether (sulfide) groups is 1. The molecule has 0 aromatic carbocycles. The highest BCUT2D eigenvalue weighted by molar-refractivity contribution is 7.98. The summed E-state index contributed by atoms with van der Waals surface area (Å²) in [5.41, 5.74) is 3.08. The molecule has 68 valence electrons. The Balaban J connectivity index is 2.35. The predicted octanol–water partition coefficient (Wildman–Crippen LogP) is 2.21. The molecule has 0 amide bonds. The first-order valence-corrected chi connectivity index (χ1v) is 5.43. The van der Waals surface area contributed by atoms with Crippen LogP contribution in [0.4, 0.5) is 0 Å². The summed E-state index contributed by atoms with van der Waals surface area (Å²) < 4.78 is 0. The first-order chi connectivity index (χ1) is 6.42. The Morgan fingerprint density at radius 3 is 3.31 bits per heavy atom. The Morgan fingerprint density at radius 2 is 2.46 bits per heavy atom. The van der Waals surface area contributed by atoms with Gasteiger partial charge in [-0.3, -0.25) is 10.1 Å². The van der Waals surface area contributed by atoms with Crippen LogP contribution in [0.2, 0.25) is 0 Å². The second-order valence-electron chi connectivity index (χ2n) is 2.71. The third kappa shape index (κ3) is 1.67. The summed E-state index contributed by atoms with van der Waals surface area (Å²) >= 11 is 1.86. The van der Waals surface area contributed by atoms with Crippen molar-refractivity contribution in [3.63, 3.8) is 0 Å². The van der Waals surface area contributed by atoms with Gasteiger partial charge in [0, 0.05) is 11.9 Å². The van der Waals surface area contributed by atoms with Gasteiger partial charge in [0.2, 0.25) is 0 Å². The number of rotatable bonds is 3. The van der Waals surface area contributed by atoms with Crippen LogP contribution >= 0.6 is 11.8 Å². The van der Waals surface area contributed by atoms with Gasteiger partial charge in [-0.25, -0.2) is 0 Å². The highest BCUT2D eigenvalue weighted by Crippen LogP contribution is 2.17. The maximum absolute atomic E-state index is 4.29. The normalized spacial score (nSPS) is 10.8. The molecular weight excluding hydrogens is 182 g/mol. The van der Waals surface area contributed by atoms with Crippen LogP contribution < -0.4 is 0 Å². The van der Waals surface area contributed by atoms with Crippen molar-refractivity contribution in [3.05, 3.63) is 24.0 Å². The second kappa shape index (κ2) is 3.79. The molecule has 13 heavy (non-hydrogen) atoms. The van der Waals surface area contributed by atoms with Crippen LogP contribution in [-0.2, 0) is 5.75 Å². The zero-order valence-corrected chi connectivity index (χ0v) is 8.27. The van der Waals surface area contributed by atoms with Crippen LogP contribution in [0.15, 0.2) is 18.3 Å². The lowest BCUT2D eigenvalue weighted by atomic mass is 10.3. The lowest BCUT2D eigenvalue weighted by molar-refractivity contribution is 1.06. The molecule has 2 rings (SSSR count). The molecular formula is C9H11N3S. The van der Waals surface area contributed by atoms with Gasteiger partial charge >= 0.3 is 0 Å². The van der Waals surface area contributed by atoms with E-state index in [-0.39, 0.29) is 0 Å². The first kappa shape index (κ1) is 8.56. The van der Waals surface area contributed by atoms with Gasteiger partial charge in [-0.2, -0.15) is 16.9 Å². The van der Waals surface area contributed by atoms with Crippen LogP contribution in [0, 0.1) is 0 Å². The standard InChI is InChI=1S/C9H11N3S/c1-2-13-6-8-9-7(11-12-8)4-3-5-10-9/h3-5H,2,6H2,1H3,(H,11,12). The van der Waals surface area contributed by atoms with E-state index in [9.17, 15) is 0 Å². The van der Waals surface area contributed by atoms with E-state index in [1.807, 2.05) is 23.9 Å². The molecule has 0 atom stereocenters. The van der Waals surface area contributed by atoms with Crippen LogP contribution in [0.5, 0.6) is 0 Å². The molecule has 2 aromatic rings. The van der Waals surface area contributed by atoms with Crippen LogP contribution in [0.1, 0.15) is 12.6 Å². The summed E-state index contributed by atoms with van der Waals surface area (Å²) in [5, 5.41) is 7.20. The molecule has 2 aromatic heterocycles. The Labute approximate surface area is 80.9 Å². The Hall–Kier alpha value is -1.03. The Morgan fingerprint density at radius 1 is 1.54 bits per heavy atom. The molecule has 0 aliphatic carbocycles. The molecule has 0 radical (unpaired) electrons. The quantitative estimate of drug-likeness (QED) is 0.812. The minimum Gasteiger partial charge on any atom is -0.276 e. The third-order valence-electron chi connectivity index (χ3n) is 1.84. The summed E-state index contributed by atoms with van der Waals surface area (Å²) in [6.45, 7) is 2.15. The van der Waals surface area contributed by atoms with Gasteiger partial charge in [-0.1, -0.05) is 6.92 Å². The predicted molar refractivity (Wildman–Crippen MR) is 55.7 cm³/mol. The average molecular weight is 193 g/mol. The molecule has 0 aliphatic rings. The molecule has 2 heterocycles. The van der Waals surface area contributed by atoms with Gasteiger partial charge in [-0.15, -0.1) is 0 Å². The number of fused-ring (bicyclic) bond motifs is 1. The molecule has 0 spiro atoms. The second-order valence-corrected chi connectivity index (χ2v) is 3.98. The van der Waals surface area contributed by atoms with Gasteiger partial charge in [0.1, 0.15) is 5.52 Å². The van der Waals surface area contributed by atoms with Crippen molar-refractivity contribution in [2.24, 2.45) is 0 Å². The fraction of sp³-hybridized carbons (Fsp3) is 0.333. The fourth-order valence-electron chi connectivity index (χ4n) is 1.21. The zero-order chi connectivity index (χ0) is 9.10. The molecule has 4 heteroatoms. The Bertz CT molecular complexity index is 396. The van der Waals surface area contributed by atoms with Crippen molar-refractivity contribution < 1.29 is 0 Å². The molecule has 0 aliphatic heterocycles. The van der Waals surface area contributed by atoms with Crippen molar-refractivity contribution in [3.8, 4) is 0 Å². The SMILES string of the molecule is CCSCc1n[nH]c2cccnc12. The van der Waals surface area contributed by atoms with Gasteiger partial charge in [0.25, 0.3) is 0 Å². The molecule has 3 nitrogen and oxygen atoms in total. The number of hydrogen-bond donors (Lipinski definition) is 1. The fourth-order valence-corrected chi connectivity index (χ4v) is 1.80. The van der Waals surface area contributed by atoms with Gasteiger partial charge in [-0.05, 0) is 17.9 Å². The van der Waals surface area contributed by atoms with Crippen molar-refractivity contribution >= 4 is 22.8 Å². The van der Waals surface area contributed by atoms with E-state index >= 15 is 0 Å². The summed E-state index contributed by atoms with van der Waals surface area (Å²) in [6, 6.07) is 3.91. The largest absolute Gasteiger partial charge is 0.276 e. The number of nitrogens with one attached hydrogen (secondary N) is 1. The molecule has 0 fully saturated rings. The van der Waals surface area contributed by atoms with E-state index in [1.165, 1.54) is 0 Å². The monoisotopic (exact) mass is 193 g/mol. The van der Waals surface area contributed by atoms with Gasteiger partial charge in [0.15, 0.2) is 0 Å². The minimum atomic E-state index is 0.938. The summed E-state index contributed by atoms with van der Waals surface area (Å²) in [7, 11) is 0. The van der Waals surface area contributed by atoms with Gasteiger partial charge < -0.3 is 0 Å². The molecule has 0 saturated carbocycles. The van der Waals surface area contributed by atoms with Crippen LogP contribution in [0.25, 0.3) is 11.0 Å². The number of aromatic nitrogens is 3. The third-order valence-corrected chi connectivity index (χ3v) is 2.72. The molecule has 0 unspecified atom stereocenters. The van der Waals surface area contributed by atoms with E-state index in [0.717, 1.165) is 28.2 Å². The van der Waals surface area contributed by atoms with Crippen molar-refractivity contribution in [2.45, 2.75) is 12.7 Å². The van der Waals surface area contributed by atoms with Crippen LogP contribution in [0.3, 0.4) is 0 Å². The highest BCUT2D eigenvalue weighted by Gasteiger charge is 2.04. The lowest BCUT2D eigenvalue weighted by Gasteiger charge is -1.93. The van der Waals surface area contributed by atoms with Gasteiger partial charge in [0.05, 0.1) is 11.2 Å². The summed E-state index contributed by atoms with van der Waals surface area (Å²) in [6.07, 6.45) is 1.80. The topological polar surface area (TPSA) is 41.6 Å². The average Bonchev–Trinajstić information content (AvgIpc) is 2.58.